The van der Waals surface area contributed by atoms with Crippen molar-refractivity contribution in [1.29, 1.82) is 0 Å². The maximum Gasteiger partial charge on any atom is 0.199 e. The lowest BCUT2D eigenvalue weighted by molar-refractivity contribution is 0.0443. The predicted octanol–water partition coefficient (Wildman–Crippen LogP) is 3.14. The normalized spacial score (nSPS) is 10.6. The van der Waals surface area contributed by atoms with Gasteiger partial charge in [0.15, 0.2) is 5.78 Å². The molecule has 90 valence electrons. The van der Waals surface area contributed by atoms with Crippen molar-refractivity contribution in [3.8, 4) is 0 Å². The number of thiophene rings is 1. The smallest absolute Gasteiger partial charge is 0.199 e. The molecule has 1 aromatic heterocycles. The SMILES string of the molecule is CCCOCCOCC(=O)c1sccc1Br. The third-order valence-corrected chi connectivity index (χ3v) is 3.70. The van der Waals surface area contributed by atoms with Crippen LogP contribution in [0.5, 0.6) is 0 Å². The summed E-state index contributed by atoms with van der Waals surface area (Å²) in [5.74, 6) is 0.0115. The Morgan fingerprint density at radius 2 is 2.12 bits per heavy atom. The van der Waals surface area contributed by atoms with Crippen molar-refractivity contribution in [2.75, 3.05) is 26.4 Å². The summed E-state index contributed by atoms with van der Waals surface area (Å²) in [6, 6.07) is 1.86. The van der Waals surface area contributed by atoms with Crippen molar-refractivity contribution < 1.29 is 14.3 Å². The maximum atomic E-state index is 11.6. The molecule has 0 atom stereocenters. The molecule has 0 spiro atoms. The van der Waals surface area contributed by atoms with E-state index in [1.54, 1.807) is 0 Å². The number of carbonyl (C=O) groups excluding carboxylic acids is 1. The Labute approximate surface area is 108 Å². The van der Waals surface area contributed by atoms with E-state index >= 15 is 0 Å². The van der Waals surface area contributed by atoms with Crippen molar-refractivity contribution >= 4 is 33.0 Å². The van der Waals surface area contributed by atoms with Gasteiger partial charge in [-0.05, 0) is 33.8 Å². The highest BCUT2D eigenvalue weighted by molar-refractivity contribution is 9.10. The molecule has 0 aliphatic rings. The number of ketones is 1. The summed E-state index contributed by atoms with van der Waals surface area (Å²) in [5, 5.41) is 1.88. The molecular formula is C11H15BrO3S. The Morgan fingerprint density at radius 1 is 1.38 bits per heavy atom. The molecule has 16 heavy (non-hydrogen) atoms. The number of hydrogen-bond acceptors (Lipinski definition) is 4. The lowest BCUT2D eigenvalue weighted by Crippen LogP contribution is -2.12. The third kappa shape index (κ3) is 4.74. The van der Waals surface area contributed by atoms with E-state index in [-0.39, 0.29) is 12.4 Å². The fraction of sp³-hybridized carbons (Fsp3) is 0.545. The molecule has 0 saturated heterocycles. The Morgan fingerprint density at radius 3 is 2.75 bits per heavy atom. The quantitative estimate of drug-likeness (QED) is 0.547. The van der Waals surface area contributed by atoms with Gasteiger partial charge in [0, 0.05) is 11.1 Å². The average Bonchev–Trinajstić information content (AvgIpc) is 2.69. The first kappa shape index (κ1) is 13.8. The highest BCUT2D eigenvalue weighted by atomic mass is 79.9. The minimum atomic E-state index is 0.0115. The first-order chi connectivity index (χ1) is 7.75. The molecule has 0 unspecified atom stereocenters. The van der Waals surface area contributed by atoms with Crippen LogP contribution in [0.2, 0.25) is 0 Å². The third-order valence-electron chi connectivity index (χ3n) is 1.82. The molecule has 0 aliphatic heterocycles. The molecule has 0 saturated carbocycles. The molecular weight excluding hydrogens is 292 g/mol. The van der Waals surface area contributed by atoms with E-state index in [2.05, 4.69) is 22.9 Å². The van der Waals surface area contributed by atoms with E-state index in [0.717, 1.165) is 22.4 Å². The van der Waals surface area contributed by atoms with Gasteiger partial charge in [-0.3, -0.25) is 4.79 Å². The zero-order chi connectivity index (χ0) is 11.8. The number of Topliss-reactive ketones (excluding diaryl/α,β-unsaturated/α-hetero) is 1. The van der Waals surface area contributed by atoms with Gasteiger partial charge in [0.2, 0.25) is 0 Å². The van der Waals surface area contributed by atoms with E-state index in [9.17, 15) is 4.79 Å². The number of halogens is 1. The largest absolute Gasteiger partial charge is 0.379 e. The van der Waals surface area contributed by atoms with Gasteiger partial charge in [-0.2, -0.15) is 0 Å². The standard InChI is InChI=1S/C11H15BrO3S/c1-2-4-14-5-6-15-8-10(13)11-9(12)3-7-16-11/h3,7H,2,4-6,8H2,1H3. The van der Waals surface area contributed by atoms with Gasteiger partial charge in [0.1, 0.15) is 6.61 Å². The highest BCUT2D eigenvalue weighted by Gasteiger charge is 2.11. The monoisotopic (exact) mass is 306 g/mol. The van der Waals surface area contributed by atoms with Crippen LogP contribution in [0.3, 0.4) is 0 Å². The summed E-state index contributed by atoms with van der Waals surface area (Å²) in [5.41, 5.74) is 0. The van der Waals surface area contributed by atoms with Gasteiger partial charge in [-0.15, -0.1) is 11.3 Å². The molecule has 3 nitrogen and oxygen atoms in total. The summed E-state index contributed by atoms with van der Waals surface area (Å²) in [7, 11) is 0. The number of ether oxygens (including phenoxy) is 2. The van der Waals surface area contributed by atoms with E-state index in [0.29, 0.717) is 13.2 Å². The van der Waals surface area contributed by atoms with Crippen molar-refractivity contribution in [3.63, 3.8) is 0 Å². The second kappa shape index (κ2) is 7.95. The summed E-state index contributed by atoms with van der Waals surface area (Å²) in [6.45, 7) is 3.93. The Bertz CT molecular complexity index is 325. The first-order valence-corrected chi connectivity index (χ1v) is 6.84. The molecule has 0 amide bonds. The van der Waals surface area contributed by atoms with Gasteiger partial charge in [-0.1, -0.05) is 6.92 Å². The van der Waals surface area contributed by atoms with Crippen LogP contribution in [0.25, 0.3) is 0 Å². The van der Waals surface area contributed by atoms with Crippen LogP contribution in [-0.4, -0.2) is 32.2 Å². The minimum absolute atomic E-state index is 0.0115. The van der Waals surface area contributed by atoms with Crippen LogP contribution < -0.4 is 0 Å². The van der Waals surface area contributed by atoms with E-state index < -0.39 is 0 Å². The van der Waals surface area contributed by atoms with E-state index in [1.165, 1.54) is 11.3 Å². The molecule has 0 aliphatic carbocycles. The number of rotatable bonds is 8. The maximum absolute atomic E-state index is 11.6. The summed E-state index contributed by atoms with van der Waals surface area (Å²) >= 11 is 4.74. The molecule has 0 aromatic carbocycles. The first-order valence-electron chi connectivity index (χ1n) is 5.17. The molecule has 5 heteroatoms. The lowest BCUT2D eigenvalue weighted by atomic mass is 10.3. The average molecular weight is 307 g/mol. The second-order valence-electron chi connectivity index (χ2n) is 3.19. The molecule has 1 rings (SSSR count). The van der Waals surface area contributed by atoms with Gasteiger partial charge in [-0.25, -0.2) is 0 Å². The van der Waals surface area contributed by atoms with Crippen molar-refractivity contribution in [2.24, 2.45) is 0 Å². The zero-order valence-electron chi connectivity index (χ0n) is 9.20. The van der Waals surface area contributed by atoms with Crippen LogP contribution in [0.1, 0.15) is 23.0 Å². The predicted molar refractivity (Wildman–Crippen MR) is 68.3 cm³/mol. The molecule has 0 radical (unpaired) electrons. The van der Waals surface area contributed by atoms with Crippen molar-refractivity contribution in [2.45, 2.75) is 13.3 Å². The van der Waals surface area contributed by atoms with Crippen molar-refractivity contribution in [3.05, 3.63) is 20.8 Å². The lowest BCUT2D eigenvalue weighted by Gasteiger charge is -2.03. The minimum Gasteiger partial charge on any atom is -0.379 e. The fourth-order valence-electron chi connectivity index (χ4n) is 1.09. The van der Waals surface area contributed by atoms with Crippen LogP contribution in [0.15, 0.2) is 15.9 Å². The summed E-state index contributed by atoms with van der Waals surface area (Å²) in [4.78, 5) is 12.3. The Kier molecular flexibility index (Phi) is 6.87. The highest BCUT2D eigenvalue weighted by Crippen LogP contribution is 2.22. The molecule has 0 bridgehead atoms. The fourth-order valence-corrected chi connectivity index (χ4v) is 2.61. The summed E-state index contributed by atoms with van der Waals surface area (Å²) < 4.78 is 11.3. The Balaban J connectivity index is 2.14. The van der Waals surface area contributed by atoms with Crippen LogP contribution in [0, 0.1) is 0 Å². The van der Waals surface area contributed by atoms with E-state index in [1.807, 2.05) is 11.4 Å². The van der Waals surface area contributed by atoms with Crippen LogP contribution >= 0.6 is 27.3 Å². The van der Waals surface area contributed by atoms with Gasteiger partial charge in [0.25, 0.3) is 0 Å². The molecule has 1 aromatic rings. The molecule has 1 heterocycles. The second-order valence-corrected chi connectivity index (χ2v) is 4.96. The number of carbonyl (C=O) groups is 1. The van der Waals surface area contributed by atoms with Gasteiger partial charge < -0.3 is 9.47 Å². The molecule has 0 fully saturated rings. The summed E-state index contributed by atoms with van der Waals surface area (Å²) in [6.07, 6.45) is 1.00. The van der Waals surface area contributed by atoms with Gasteiger partial charge in [0.05, 0.1) is 18.1 Å². The van der Waals surface area contributed by atoms with Crippen molar-refractivity contribution in [1.82, 2.24) is 0 Å². The zero-order valence-corrected chi connectivity index (χ0v) is 11.6. The number of hydrogen-bond donors (Lipinski definition) is 0. The van der Waals surface area contributed by atoms with E-state index in [4.69, 9.17) is 9.47 Å². The van der Waals surface area contributed by atoms with Crippen LogP contribution in [0.4, 0.5) is 0 Å². The van der Waals surface area contributed by atoms with Crippen LogP contribution in [-0.2, 0) is 9.47 Å². The molecule has 0 N–H and O–H groups in total. The topological polar surface area (TPSA) is 35.5 Å². The van der Waals surface area contributed by atoms with Gasteiger partial charge >= 0.3 is 0 Å². The Hall–Kier alpha value is -0.230.